The van der Waals surface area contributed by atoms with E-state index in [4.69, 9.17) is 4.98 Å². The molecule has 0 amide bonds. The van der Waals surface area contributed by atoms with E-state index < -0.39 is 0 Å². The van der Waals surface area contributed by atoms with Gasteiger partial charge in [0.1, 0.15) is 0 Å². The molecule has 2 heteroatoms. The number of nitrogens with zero attached hydrogens (tertiary/aromatic N) is 1. The number of benzene rings is 2. The van der Waals surface area contributed by atoms with Crippen molar-refractivity contribution in [3.8, 4) is 0 Å². The molecule has 1 aliphatic heterocycles. The minimum atomic E-state index is 0.901. The smallest absolute Gasteiger partial charge is 0.0705 e. The van der Waals surface area contributed by atoms with Crippen LogP contribution in [0, 0.1) is 0 Å². The van der Waals surface area contributed by atoms with Gasteiger partial charge in [-0.25, -0.2) is 0 Å². The Bertz CT molecular complexity index is 777. The van der Waals surface area contributed by atoms with Crippen molar-refractivity contribution in [3.63, 3.8) is 0 Å². The van der Waals surface area contributed by atoms with Gasteiger partial charge >= 0.3 is 0 Å². The van der Waals surface area contributed by atoms with E-state index >= 15 is 0 Å². The standard InChI is InChI=1S/C18H16N2/c1-2-4-18-14(3-1)6-7-16(20-18)12-13-5-8-17-15(11-13)9-10-19-17/h1-8,11,19H,9-10,12H2. The predicted molar refractivity (Wildman–Crippen MR) is 83.2 cm³/mol. The zero-order valence-corrected chi connectivity index (χ0v) is 11.3. The third kappa shape index (κ3) is 2.03. The fraction of sp³-hybridized carbons (Fsp3) is 0.167. The lowest BCUT2D eigenvalue weighted by Gasteiger charge is -2.06. The highest BCUT2D eigenvalue weighted by molar-refractivity contribution is 5.78. The minimum absolute atomic E-state index is 0.901. The second-order valence-corrected chi connectivity index (χ2v) is 5.34. The van der Waals surface area contributed by atoms with E-state index in [9.17, 15) is 0 Å². The number of hydrogen-bond donors (Lipinski definition) is 1. The van der Waals surface area contributed by atoms with Gasteiger partial charge in [-0.2, -0.15) is 0 Å². The molecule has 0 saturated heterocycles. The summed E-state index contributed by atoms with van der Waals surface area (Å²) in [5.74, 6) is 0. The van der Waals surface area contributed by atoms with Crippen molar-refractivity contribution >= 4 is 16.6 Å². The molecule has 1 aliphatic rings. The summed E-state index contributed by atoms with van der Waals surface area (Å²) in [7, 11) is 0. The van der Waals surface area contributed by atoms with Crippen LogP contribution in [0.5, 0.6) is 0 Å². The maximum atomic E-state index is 4.75. The lowest BCUT2D eigenvalue weighted by atomic mass is 10.0. The topological polar surface area (TPSA) is 24.9 Å². The summed E-state index contributed by atoms with van der Waals surface area (Å²) in [6.45, 7) is 1.06. The normalized spacial score (nSPS) is 13.2. The molecule has 0 fully saturated rings. The maximum Gasteiger partial charge on any atom is 0.0705 e. The van der Waals surface area contributed by atoms with Crippen LogP contribution >= 0.6 is 0 Å². The number of fused-ring (bicyclic) bond motifs is 2. The molecule has 1 N–H and O–H groups in total. The number of pyridine rings is 1. The third-order valence-electron chi connectivity index (χ3n) is 3.92. The minimum Gasteiger partial charge on any atom is -0.384 e. The van der Waals surface area contributed by atoms with E-state index in [2.05, 4.69) is 53.8 Å². The summed E-state index contributed by atoms with van der Waals surface area (Å²) in [6, 6.07) is 19.3. The van der Waals surface area contributed by atoms with Crippen LogP contribution in [0.1, 0.15) is 16.8 Å². The van der Waals surface area contributed by atoms with Gasteiger partial charge in [0.25, 0.3) is 0 Å². The highest BCUT2D eigenvalue weighted by atomic mass is 14.9. The molecule has 0 unspecified atom stereocenters. The summed E-state index contributed by atoms with van der Waals surface area (Å²) in [5.41, 5.74) is 6.28. The number of anilines is 1. The van der Waals surface area contributed by atoms with Gasteiger partial charge < -0.3 is 5.32 Å². The first-order valence-corrected chi connectivity index (χ1v) is 7.09. The second kappa shape index (κ2) is 4.64. The Labute approximate surface area is 118 Å². The molecule has 2 aromatic carbocycles. The molecule has 0 bridgehead atoms. The third-order valence-corrected chi connectivity index (χ3v) is 3.92. The van der Waals surface area contributed by atoms with Crippen molar-refractivity contribution in [2.24, 2.45) is 0 Å². The Kier molecular flexibility index (Phi) is 2.66. The van der Waals surface area contributed by atoms with Gasteiger partial charge in [0.05, 0.1) is 5.52 Å². The average molecular weight is 260 g/mol. The van der Waals surface area contributed by atoms with E-state index in [1.165, 1.54) is 22.2 Å². The lowest BCUT2D eigenvalue weighted by molar-refractivity contribution is 1.08. The van der Waals surface area contributed by atoms with Crippen LogP contribution in [0.2, 0.25) is 0 Å². The molecule has 0 radical (unpaired) electrons. The lowest BCUT2D eigenvalue weighted by Crippen LogP contribution is -1.94. The summed E-state index contributed by atoms with van der Waals surface area (Å²) in [6.07, 6.45) is 2.03. The molecule has 2 nitrogen and oxygen atoms in total. The predicted octanol–water partition coefficient (Wildman–Crippen LogP) is 3.79. The first-order valence-electron chi connectivity index (χ1n) is 7.09. The summed E-state index contributed by atoms with van der Waals surface area (Å²) in [5, 5.41) is 4.60. The van der Waals surface area contributed by atoms with E-state index in [1.54, 1.807) is 0 Å². The summed E-state index contributed by atoms with van der Waals surface area (Å²) >= 11 is 0. The number of nitrogens with one attached hydrogen (secondary N) is 1. The van der Waals surface area contributed by atoms with Crippen LogP contribution in [0.3, 0.4) is 0 Å². The Morgan fingerprint density at radius 1 is 1.00 bits per heavy atom. The van der Waals surface area contributed by atoms with Crippen molar-refractivity contribution in [2.75, 3.05) is 11.9 Å². The molecule has 0 spiro atoms. The molecule has 0 saturated carbocycles. The molecular formula is C18H16N2. The Morgan fingerprint density at radius 2 is 1.95 bits per heavy atom. The average Bonchev–Trinajstić information content (AvgIpc) is 2.95. The molecule has 3 aromatic rings. The number of aromatic nitrogens is 1. The van der Waals surface area contributed by atoms with Crippen LogP contribution in [-0.4, -0.2) is 11.5 Å². The van der Waals surface area contributed by atoms with Gasteiger partial charge in [0.2, 0.25) is 0 Å². The van der Waals surface area contributed by atoms with Crippen molar-refractivity contribution < 1.29 is 0 Å². The Morgan fingerprint density at radius 3 is 2.95 bits per heavy atom. The van der Waals surface area contributed by atoms with E-state index in [0.717, 1.165) is 30.6 Å². The van der Waals surface area contributed by atoms with Gasteiger partial charge in [-0.1, -0.05) is 36.4 Å². The Hall–Kier alpha value is -2.35. The van der Waals surface area contributed by atoms with Crippen LogP contribution < -0.4 is 5.32 Å². The molecule has 20 heavy (non-hydrogen) atoms. The fourth-order valence-corrected chi connectivity index (χ4v) is 2.88. The number of para-hydroxylation sites is 1. The zero-order chi connectivity index (χ0) is 13.4. The molecule has 98 valence electrons. The van der Waals surface area contributed by atoms with Gasteiger partial charge in [-0.05, 0) is 35.7 Å². The highest BCUT2D eigenvalue weighted by Crippen LogP contribution is 2.24. The van der Waals surface area contributed by atoms with Crippen molar-refractivity contribution in [1.82, 2.24) is 4.98 Å². The fourth-order valence-electron chi connectivity index (χ4n) is 2.88. The highest BCUT2D eigenvalue weighted by Gasteiger charge is 2.10. The van der Waals surface area contributed by atoms with Crippen molar-refractivity contribution in [2.45, 2.75) is 12.8 Å². The summed E-state index contributed by atoms with van der Waals surface area (Å²) < 4.78 is 0. The second-order valence-electron chi connectivity index (χ2n) is 5.34. The maximum absolute atomic E-state index is 4.75. The SMILES string of the molecule is c1ccc2nc(Cc3ccc4c(c3)CCN4)ccc2c1. The van der Waals surface area contributed by atoms with Crippen LogP contribution in [-0.2, 0) is 12.8 Å². The quantitative estimate of drug-likeness (QED) is 0.758. The van der Waals surface area contributed by atoms with E-state index in [1.807, 2.05) is 6.07 Å². The van der Waals surface area contributed by atoms with Gasteiger partial charge in [0.15, 0.2) is 0 Å². The monoisotopic (exact) mass is 260 g/mol. The summed E-state index contributed by atoms with van der Waals surface area (Å²) in [4.78, 5) is 4.75. The molecule has 2 heterocycles. The molecule has 4 rings (SSSR count). The van der Waals surface area contributed by atoms with E-state index in [-0.39, 0.29) is 0 Å². The van der Waals surface area contributed by atoms with Crippen molar-refractivity contribution in [1.29, 1.82) is 0 Å². The first-order chi connectivity index (χ1) is 9.88. The Balaban J connectivity index is 1.67. The first kappa shape index (κ1) is 11.5. The number of hydrogen-bond acceptors (Lipinski definition) is 2. The largest absolute Gasteiger partial charge is 0.384 e. The van der Waals surface area contributed by atoms with Crippen LogP contribution in [0.15, 0.2) is 54.6 Å². The van der Waals surface area contributed by atoms with Crippen LogP contribution in [0.25, 0.3) is 10.9 Å². The molecule has 0 atom stereocenters. The molecular weight excluding hydrogens is 244 g/mol. The van der Waals surface area contributed by atoms with Crippen molar-refractivity contribution in [3.05, 3.63) is 71.4 Å². The van der Waals surface area contributed by atoms with Gasteiger partial charge in [-0.3, -0.25) is 4.98 Å². The van der Waals surface area contributed by atoms with Gasteiger partial charge in [0, 0.05) is 29.7 Å². The van der Waals surface area contributed by atoms with Crippen LogP contribution in [0.4, 0.5) is 5.69 Å². The molecule has 0 aliphatic carbocycles. The molecule has 1 aromatic heterocycles. The number of rotatable bonds is 2. The van der Waals surface area contributed by atoms with E-state index in [0.29, 0.717) is 0 Å². The van der Waals surface area contributed by atoms with Gasteiger partial charge in [-0.15, -0.1) is 0 Å². The zero-order valence-electron chi connectivity index (χ0n) is 11.3.